The van der Waals surface area contributed by atoms with Crippen LogP contribution in [0.2, 0.25) is 0 Å². The van der Waals surface area contributed by atoms with Gasteiger partial charge in [0.25, 0.3) is 0 Å². The topological polar surface area (TPSA) is 0 Å². The molecule has 0 aliphatic carbocycles. The first-order valence-corrected chi connectivity index (χ1v) is 13.7. The Labute approximate surface area is 211 Å². The smallest absolute Gasteiger partial charge is 0.00237 e. The van der Waals surface area contributed by atoms with Crippen molar-refractivity contribution in [3.8, 4) is 0 Å². The fraction of sp³-hybridized carbons (Fsp3) is 0.484. The zero-order valence-electron chi connectivity index (χ0n) is 21.5. The molecule has 2 aromatic rings. The van der Waals surface area contributed by atoms with Gasteiger partial charge in [0.2, 0.25) is 0 Å². The summed E-state index contributed by atoms with van der Waals surface area (Å²) in [6.45, 7) is 18.5. The third kappa shape index (κ3) is 7.90. The minimum Gasteiger partial charge on any atom is -0.0861 e. The molecule has 0 aromatic heterocycles. The average molecular weight is 543 g/mol. The Bertz CT molecular complexity index is 916. The van der Waals surface area contributed by atoms with Gasteiger partial charge in [-0.1, -0.05) is 116 Å². The van der Waals surface area contributed by atoms with Gasteiger partial charge >= 0.3 is 0 Å². The fourth-order valence-corrected chi connectivity index (χ4v) is 5.14. The molecular weight excluding hydrogens is 499 g/mol. The highest BCUT2D eigenvalue weighted by atomic mass is 127. The Morgan fingerprint density at radius 3 is 2.16 bits per heavy atom. The predicted molar refractivity (Wildman–Crippen MR) is 153 cm³/mol. The minimum absolute atomic E-state index is 0.598. The number of hydrogen-bond donors (Lipinski definition) is 0. The predicted octanol–water partition coefficient (Wildman–Crippen LogP) is 9.73. The summed E-state index contributed by atoms with van der Waals surface area (Å²) in [4.78, 5) is 0. The van der Waals surface area contributed by atoms with Crippen molar-refractivity contribution in [3.05, 3.63) is 88.0 Å². The summed E-state index contributed by atoms with van der Waals surface area (Å²) < 4.78 is 1.25. The highest BCUT2D eigenvalue weighted by molar-refractivity contribution is 14.1. The van der Waals surface area contributed by atoms with Gasteiger partial charge in [-0.05, 0) is 92.0 Å². The SMILES string of the molecule is C/C(=C\C=C(/C)c1ccc(C)cc1)Cc1cc([C@H](C)C[C@@H](C)[C@H](C)[C@H](C)CI)ccc1C. The molecule has 0 spiro atoms. The first kappa shape index (κ1) is 26.9. The molecule has 0 nitrogen and oxygen atoms in total. The van der Waals surface area contributed by atoms with Crippen LogP contribution in [0.1, 0.15) is 81.7 Å². The maximum Gasteiger partial charge on any atom is 0.00237 e. The van der Waals surface area contributed by atoms with Gasteiger partial charge < -0.3 is 0 Å². The molecule has 0 heterocycles. The van der Waals surface area contributed by atoms with Crippen molar-refractivity contribution in [1.29, 1.82) is 0 Å². The second-order valence-electron chi connectivity index (χ2n) is 10.2. The molecule has 0 saturated carbocycles. The average Bonchev–Trinajstić information content (AvgIpc) is 2.78. The zero-order valence-corrected chi connectivity index (χ0v) is 23.7. The molecule has 2 rings (SSSR count). The Morgan fingerprint density at radius 1 is 0.875 bits per heavy atom. The zero-order chi connectivity index (χ0) is 23.8. The minimum atomic E-state index is 0.598. The van der Waals surface area contributed by atoms with E-state index in [0.29, 0.717) is 5.92 Å². The molecule has 0 aliphatic rings. The molecule has 0 aliphatic heterocycles. The summed E-state index contributed by atoms with van der Waals surface area (Å²) in [6.07, 6.45) is 6.83. The summed E-state index contributed by atoms with van der Waals surface area (Å²) in [5.41, 5.74) is 9.67. The first-order valence-electron chi connectivity index (χ1n) is 12.2. The highest BCUT2D eigenvalue weighted by Crippen LogP contribution is 2.32. The Hall–Kier alpha value is -1.35. The highest BCUT2D eigenvalue weighted by Gasteiger charge is 2.21. The second-order valence-corrected chi connectivity index (χ2v) is 11.1. The van der Waals surface area contributed by atoms with E-state index in [0.717, 1.165) is 24.2 Å². The van der Waals surface area contributed by atoms with Crippen molar-refractivity contribution in [2.45, 2.75) is 74.1 Å². The molecule has 0 radical (unpaired) electrons. The van der Waals surface area contributed by atoms with Gasteiger partial charge in [-0.15, -0.1) is 0 Å². The molecule has 0 N–H and O–H groups in total. The van der Waals surface area contributed by atoms with Crippen molar-refractivity contribution in [3.63, 3.8) is 0 Å². The van der Waals surface area contributed by atoms with Gasteiger partial charge in [-0.3, -0.25) is 0 Å². The lowest BCUT2D eigenvalue weighted by Gasteiger charge is -2.27. The largest absolute Gasteiger partial charge is 0.0861 e. The second kappa shape index (κ2) is 12.8. The van der Waals surface area contributed by atoms with Crippen LogP contribution in [-0.4, -0.2) is 4.43 Å². The first-order chi connectivity index (χ1) is 15.1. The number of allylic oxidation sites excluding steroid dienone is 4. The molecule has 0 saturated heterocycles. The van der Waals surface area contributed by atoms with Crippen LogP contribution in [0.5, 0.6) is 0 Å². The normalized spacial score (nSPS) is 16.5. The van der Waals surface area contributed by atoms with Crippen molar-refractivity contribution in [2.24, 2.45) is 17.8 Å². The van der Waals surface area contributed by atoms with Crippen LogP contribution in [-0.2, 0) is 6.42 Å². The van der Waals surface area contributed by atoms with Crippen molar-refractivity contribution >= 4 is 28.2 Å². The van der Waals surface area contributed by atoms with Crippen LogP contribution in [0.15, 0.2) is 60.2 Å². The lowest BCUT2D eigenvalue weighted by molar-refractivity contribution is 0.276. The van der Waals surface area contributed by atoms with Gasteiger partial charge in [-0.2, -0.15) is 0 Å². The molecular formula is C31H43I. The number of alkyl halides is 1. The van der Waals surface area contributed by atoms with E-state index < -0.39 is 0 Å². The van der Waals surface area contributed by atoms with E-state index in [4.69, 9.17) is 0 Å². The molecule has 32 heavy (non-hydrogen) atoms. The summed E-state index contributed by atoms with van der Waals surface area (Å²) in [6, 6.07) is 15.9. The van der Waals surface area contributed by atoms with Crippen molar-refractivity contribution in [2.75, 3.05) is 4.43 Å². The Balaban J connectivity index is 2.10. The molecule has 0 unspecified atom stereocenters. The van der Waals surface area contributed by atoms with Crippen LogP contribution in [0.3, 0.4) is 0 Å². The van der Waals surface area contributed by atoms with E-state index in [-0.39, 0.29) is 0 Å². The van der Waals surface area contributed by atoms with Crippen LogP contribution in [0.25, 0.3) is 5.57 Å². The molecule has 0 bridgehead atoms. The molecule has 2 aromatic carbocycles. The lowest BCUT2D eigenvalue weighted by Crippen LogP contribution is -2.19. The van der Waals surface area contributed by atoms with Crippen molar-refractivity contribution in [1.82, 2.24) is 0 Å². The van der Waals surface area contributed by atoms with Gasteiger partial charge in [0.15, 0.2) is 0 Å². The number of aryl methyl sites for hydroxylation is 2. The maximum atomic E-state index is 2.53. The van der Waals surface area contributed by atoms with Gasteiger partial charge in [0, 0.05) is 4.43 Å². The summed E-state index contributed by atoms with van der Waals surface area (Å²) >= 11 is 2.53. The quantitative estimate of drug-likeness (QED) is 0.159. The van der Waals surface area contributed by atoms with E-state index in [9.17, 15) is 0 Å². The monoisotopic (exact) mass is 542 g/mol. The molecule has 0 fully saturated rings. The fourth-order valence-electron chi connectivity index (χ4n) is 4.34. The summed E-state index contributed by atoms with van der Waals surface area (Å²) in [7, 11) is 0. The van der Waals surface area contributed by atoms with Crippen LogP contribution in [0.4, 0.5) is 0 Å². The van der Waals surface area contributed by atoms with Gasteiger partial charge in [0.05, 0.1) is 0 Å². The summed E-state index contributed by atoms with van der Waals surface area (Å²) in [5.74, 6) is 2.90. The standard InChI is InChI=1S/C31H43I/c1-21-10-14-29(15-11-21)23(3)12-9-22(2)17-31-19-30(16-13-24(31)4)26(6)18-25(5)28(8)27(7)20-32/h9-16,19,25-28H,17-18,20H2,1-8H3/b22-9+,23-12+/t25-,26-,27-,28+/m1/s1. The van der Waals surface area contributed by atoms with Crippen LogP contribution < -0.4 is 0 Å². The van der Waals surface area contributed by atoms with E-state index in [1.54, 1.807) is 0 Å². The van der Waals surface area contributed by atoms with E-state index in [1.165, 1.54) is 49.8 Å². The van der Waals surface area contributed by atoms with E-state index in [2.05, 4.69) is 133 Å². The number of rotatable bonds is 10. The van der Waals surface area contributed by atoms with E-state index >= 15 is 0 Å². The molecule has 174 valence electrons. The molecule has 0 amide bonds. The number of hydrogen-bond acceptors (Lipinski definition) is 0. The number of benzene rings is 2. The third-order valence-corrected chi connectivity index (χ3v) is 8.69. The Kier molecular flexibility index (Phi) is 10.7. The maximum absolute atomic E-state index is 2.53. The van der Waals surface area contributed by atoms with Gasteiger partial charge in [0.1, 0.15) is 0 Å². The third-order valence-electron chi connectivity index (χ3n) is 7.30. The van der Waals surface area contributed by atoms with Gasteiger partial charge in [-0.25, -0.2) is 0 Å². The summed E-state index contributed by atoms with van der Waals surface area (Å²) in [5, 5.41) is 0. The van der Waals surface area contributed by atoms with Crippen LogP contribution in [0, 0.1) is 31.6 Å². The Morgan fingerprint density at radius 2 is 1.53 bits per heavy atom. The van der Waals surface area contributed by atoms with Crippen LogP contribution >= 0.6 is 22.6 Å². The van der Waals surface area contributed by atoms with E-state index in [1.807, 2.05) is 0 Å². The van der Waals surface area contributed by atoms with Crippen molar-refractivity contribution < 1.29 is 0 Å². The molecule has 1 heteroatoms. The number of halogens is 1. The molecule has 4 atom stereocenters. The lowest BCUT2D eigenvalue weighted by atomic mass is 9.79.